The van der Waals surface area contributed by atoms with Crippen LogP contribution in [0.1, 0.15) is 25.7 Å². The first kappa shape index (κ1) is 20.6. The lowest BCUT2D eigenvalue weighted by Gasteiger charge is -2.20. The molecule has 0 bridgehead atoms. The van der Waals surface area contributed by atoms with Gasteiger partial charge in [0, 0.05) is 18.8 Å². The van der Waals surface area contributed by atoms with E-state index in [9.17, 15) is 16.8 Å². The molecule has 0 amide bonds. The van der Waals surface area contributed by atoms with Gasteiger partial charge in [0.2, 0.25) is 10.0 Å². The van der Waals surface area contributed by atoms with Crippen molar-refractivity contribution in [2.24, 2.45) is 0 Å². The standard InChI is InChI=1S/C19H24N2O5S2/c1-26-18-8-4-5-9-19(18)27(22,23)20-16-10-12-17(13-11-16)28(24,25)21-14-6-2-3-7-15-21/h4-5,8-13,20H,2-3,6-7,14-15H2,1H3. The second-order valence-corrected chi connectivity index (χ2v) is 10.2. The van der Waals surface area contributed by atoms with Crippen LogP contribution < -0.4 is 9.46 Å². The van der Waals surface area contributed by atoms with E-state index in [1.54, 1.807) is 18.2 Å². The molecule has 1 saturated heterocycles. The van der Waals surface area contributed by atoms with E-state index < -0.39 is 20.0 Å². The molecular formula is C19H24N2O5S2. The number of anilines is 1. The highest BCUT2D eigenvalue weighted by Crippen LogP contribution is 2.26. The molecule has 0 radical (unpaired) electrons. The van der Waals surface area contributed by atoms with Gasteiger partial charge in [-0.1, -0.05) is 25.0 Å². The molecule has 3 rings (SSSR count). The number of hydrogen-bond donors (Lipinski definition) is 1. The van der Waals surface area contributed by atoms with Gasteiger partial charge in [0.15, 0.2) is 0 Å². The summed E-state index contributed by atoms with van der Waals surface area (Å²) < 4.78 is 60.0. The van der Waals surface area contributed by atoms with Crippen molar-refractivity contribution in [2.75, 3.05) is 24.9 Å². The molecular weight excluding hydrogens is 400 g/mol. The highest BCUT2D eigenvalue weighted by Gasteiger charge is 2.25. The summed E-state index contributed by atoms with van der Waals surface area (Å²) in [6.45, 7) is 1.04. The van der Waals surface area contributed by atoms with Gasteiger partial charge in [-0.05, 0) is 49.2 Å². The van der Waals surface area contributed by atoms with Gasteiger partial charge >= 0.3 is 0 Å². The lowest BCUT2D eigenvalue weighted by molar-refractivity contribution is 0.403. The molecule has 0 atom stereocenters. The Morgan fingerprint density at radius 3 is 2.07 bits per heavy atom. The summed E-state index contributed by atoms with van der Waals surface area (Å²) >= 11 is 0. The fourth-order valence-electron chi connectivity index (χ4n) is 3.18. The van der Waals surface area contributed by atoms with E-state index in [1.165, 1.54) is 41.7 Å². The maximum atomic E-state index is 12.8. The second kappa shape index (κ2) is 8.50. The van der Waals surface area contributed by atoms with E-state index in [-0.39, 0.29) is 21.2 Å². The first-order chi connectivity index (χ1) is 13.3. The van der Waals surface area contributed by atoms with Crippen LogP contribution in [0.2, 0.25) is 0 Å². The number of nitrogens with one attached hydrogen (secondary N) is 1. The van der Waals surface area contributed by atoms with Crippen LogP contribution in [-0.2, 0) is 20.0 Å². The summed E-state index contributed by atoms with van der Waals surface area (Å²) in [5.74, 6) is 0.232. The molecule has 1 aliphatic heterocycles. The van der Waals surface area contributed by atoms with Crippen LogP contribution in [-0.4, -0.2) is 41.3 Å². The molecule has 1 aliphatic rings. The Kier molecular flexibility index (Phi) is 6.26. The predicted molar refractivity (Wildman–Crippen MR) is 107 cm³/mol. The van der Waals surface area contributed by atoms with Gasteiger partial charge in [0.25, 0.3) is 10.0 Å². The van der Waals surface area contributed by atoms with E-state index >= 15 is 0 Å². The van der Waals surface area contributed by atoms with Crippen molar-refractivity contribution < 1.29 is 21.6 Å². The normalized spacial score (nSPS) is 16.3. The number of sulfonamides is 2. The van der Waals surface area contributed by atoms with Crippen LogP contribution in [0, 0.1) is 0 Å². The topological polar surface area (TPSA) is 92.8 Å². The van der Waals surface area contributed by atoms with Crippen LogP contribution in [0.5, 0.6) is 5.75 Å². The molecule has 0 aromatic heterocycles. The Hall–Kier alpha value is -2.10. The van der Waals surface area contributed by atoms with Gasteiger partial charge in [-0.25, -0.2) is 16.8 Å². The minimum atomic E-state index is -3.86. The average molecular weight is 425 g/mol. The summed E-state index contributed by atoms with van der Waals surface area (Å²) in [6, 6.07) is 12.1. The first-order valence-electron chi connectivity index (χ1n) is 9.11. The van der Waals surface area contributed by atoms with E-state index in [0.29, 0.717) is 13.1 Å². The molecule has 28 heavy (non-hydrogen) atoms. The van der Waals surface area contributed by atoms with Crippen LogP contribution in [0.4, 0.5) is 5.69 Å². The third-order valence-corrected chi connectivity index (χ3v) is 8.00. The van der Waals surface area contributed by atoms with Crippen LogP contribution in [0.25, 0.3) is 0 Å². The number of rotatable bonds is 6. The Labute approximate surface area is 166 Å². The van der Waals surface area contributed by atoms with Crippen LogP contribution in [0.3, 0.4) is 0 Å². The number of methoxy groups -OCH3 is 1. The number of benzene rings is 2. The summed E-state index contributed by atoms with van der Waals surface area (Å²) in [5.41, 5.74) is 0.278. The molecule has 1 heterocycles. The Morgan fingerprint density at radius 1 is 0.857 bits per heavy atom. The number of ether oxygens (including phenoxy) is 1. The quantitative estimate of drug-likeness (QED) is 0.769. The van der Waals surface area contributed by atoms with Crippen molar-refractivity contribution in [3.05, 3.63) is 48.5 Å². The maximum Gasteiger partial charge on any atom is 0.265 e. The average Bonchev–Trinajstić information content (AvgIpc) is 2.98. The molecule has 9 heteroatoms. The molecule has 2 aromatic carbocycles. The summed E-state index contributed by atoms with van der Waals surface area (Å²) in [6.07, 6.45) is 3.79. The van der Waals surface area contributed by atoms with Gasteiger partial charge in [-0.3, -0.25) is 4.72 Å². The third kappa shape index (κ3) is 4.48. The lowest BCUT2D eigenvalue weighted by atomic mass is 10.2. The van der Waals surface area contributed by atoms with Gasteiger partial charge in [-0.15, -0.1) is 0 Å². The maximum absolute atomic E-state index is 12.8. The first-order valence-corrected chi connectivity index (χ1v) is 12.0. The zero-order valence-electron chi connectivity index (χ0n) is 15.7. The van der Waals surface area contributed by atoms with E-state index in [4.69, 9.17) is 4.74 Å². The zero-order chi connectivity index (χ0) is 20.2. The monoisotopic (exact) mass is 424 g/mol. The van der Waals surface area contributed by atoms with Crippen molar-refractivity contribution >= 4 is 25.7 Å². The van der Waals surface area contributed by atoms with Gasteiger partial charge in [-0.2, -0.15) is 4.31 Å². The molecule has 2 aromatic rings. The summed E-state index contributed by atoms with van der Waals surface area (Å²) in [4.78, 5) is 0.174. The Morgan fingerprint density at radius 2 is 1.46 bits per heavy atom. The molecule has 7 nitrogen and oxygen atoms in total. The SMILES string of the molecule is COc1ccccc1S(=O)(=O)Nc1ccc(S(=O)(=O)N2CCCCCC2)cc1. The Balaban J connectivity index is 1.81. The molecule has 0 unspecified atom stereocenters. The largest absolute Gasteiger partial charge is 0.495 e. The van der Waals surface area contributed by atoms with Crippen LogP contribution >= 0.6 is 0 Å². The van der Waals surface area contributed by atoms with E-state index in [1.807, 2.05) is 0 Å². The summed E-state index contributed by atoms with van der Waals surface area (Å²) in [7, 11) is -6.04. The van der Waals surface area contributed by atoms with Crippen molar-refractivity contribution in [1.29, 1.82) is 0 Å². The zero-order valence-corrected chi connectivity index (χ0v) is 17.3. The summed E-state index contributed by atoms with van der Waals surface area (Å²) in [5, 5.41) is 0. The molecule has 0 saturated carbocycles. The lowest BCUT2D eigenvalue weighted by Crippen LogP contribution is -2.31. The van der Waals surface area contributed by atoms with E-state index in [2.05, 4.69) is 4.72 Å². The molecule has 0 spiro atoms. The highest BCUT2D eigenvalue weighted by molar-refractivity contribution is 7.92. The van der Waals surface area contributed by atoms with Crippen molar-refractivity contribution in [3.63, 3.8) is 0 Å². The third-order valence-electron chi connectivity index (χ3n) is 4.67. The molecule has 152 valence electrons. The molecule has 1 N–H and O–H groups in total. The molecule has 0 aliphatic carbocycles. The van der Waals surface area contributed by atoms with Gasteiger partial charge < -0.3 is 4.74 Å². The number of hydrogen-bond acceptors (Lipinski definition) is 5. The predicted octanol–water partition coefficient (Wildman–Crippen LogP) is 3.06. The minimum absolute atomic E-state index is 0.0127. The second-order valence-electron chi connectivity index (χ2n) is 6.60. The van der Waals surface area contributed by atoms with Crippen LogP contribution in [0.15, 0.2) is 58.3 Å². The molecule has 1 fully saturated rings. The number of nitrogens with zero attached hydrogens (tertiary/aromatic N) is 1. The number of para-hydroxylation sites is 1. The van der Waals surface area contributed by atoms with Crippen molar-refractivity contribution in [2.45, 2.75) is 35.5 Å². The van der Waals surface area contributed by atoms with Gasteiger partial charge in [0.05, 0.1) is 12.0 Å². The minimum Gasteiger partial charge on any atom is -0.495 e. The highest BCUT2D eigenvalue weighted by atomic mass is 32.2. The van der Waals surface area contributed by atoms with Gasteiger partial charge in [0.1, 0.15) is 10.6 Å². The fourth-order valence-corrected chi connectivity index (χ4v) is 5.92. The Bertz CT molecular complexity index is 1010. The smallest absolute Gasteiger partial charge is 0.265 e. The van der Waals surface area contributed by atoms with Crippen molar-refractivity contribution in [1.82, 2.24) is 4.31 Å². The van der Waals surface area contributed by atoms with E-state index in [0.717, 1.165) is 25.7 Å². The fraction of sp³-hybridized carbons (Fsp3) is 0.368. The van der Waals surface area contributed by atoms with Crippen molar-refractivity contribution in [3.8, 4) is 5.75 Å².